The van der Waals surface area contributed by atoms with E-state index in [-0.39, 0.29) is 51.3 Å². The maximum atomic E-state index is 10.3. The summed E-state index contributed by atoms with van der Waals surface area (Å²) < 4.78 is 4.27. The third kappa shape index (κ3) is 4.91. The molecule has 1 heterocycles. The smallest absolute Gasteiger partial charge is 0.677 e. The van der Waals surface area contributed by atoms with E-state index < -0.39 is 5.97 Å². The Morgan fingerprint density at radius 3 is 2.28 bits per heavy atom. The minimum atomic E-state index is -0.748. The number of hydrogen-bond acceptors (Lipinski definition) is 4. The minimum Gasteiger partial charge on any atom is -0.677 e. The van der Waals surface area contributed by atoms with Crippen LogP contribution >= 0.6 is 0 Å². The van der Waals surface area contributed by atoms with E-state index in [1.54, 1.807) is 0 Å². The number of aliphatic hydroxyl groups is 1. The Labute approximate surface area is 121 Å². The quantitative estimate of drug-likeness (QED) is 0.296. The van der Waals surface area contributed by atoms with Crippen LogP contribution in [-0.4, -0.2) is 30.0 Å². The van der Waals surface area contributed by atoms with Gasteiger partial charge in [0.15, 0.2) is 6.29 Å². The predicted octanol–water partition coefficient (Wildman–Crippen LogP) is 1.98. The number of aliphatic hydroxyl groups excluding tert-OH is 1. The van der Waals surface area contributed by atoms with Gasteiger partial charge in [-0.1, -0.05) is 25.7 Å². The molecule has 2 aliphatic rings. The largest absolute Gasteiger partial charge is 2.00 e. The predicted molar refractivity (Wildman–Crippen MR) is 62.1 cm³/mol. The van der Waals surface area contributed by atoms with E-state index in [1.807, 2.05) is 0 Å². The second-order valence-electron chi connectivity index (χ2n) is 4.21. The van der Waals surface area contributed by atoms with Crippen molar-refractivity contribution < 1.29 is 40.5 Å². The first kappa shape index (κ1) is 17.3. The maximum Gasteiger partial charge on any atom is 2.00 e. The summed E-state index contributed by atoms with van der Waals surface area (Å²) in [4.78, 5) is 20.3. The zero-order valence-electron chi connectivity index (χ0n) is 9.96. The first-order valence-electron chi connectivity index (χ1n) is 5.65. The Balaban J connectivity index is 0.000000306. The van der Waals surface area contributed by atoms with Crippen LogP contribution < -0.4 is 0 Å². The molecular formula is C12H17NO4Pt. The van der Waals surface area contributed by atoms with E-state index in [9.17, 15) is 9.59 Å². The molecule has 0 unspecified atom stereocenters. The van der Waals surface area contributed by atoms with Crippen LogP contribution in [0.3, 0.4) is 0 Å². The molecule has 1 fully saturated rings. The van der Waals surface area contributed by atoms with Crippen molar-refractivity contribution in [2.75, 3.05) is 6.61 Å². The normalized spacial score (nSPS) is 26.7. The van der Waals surface area contributed by atoms with Crippen LogP contribution in [-0.2, 0) is 35.4 Å². The van der Waals surface area contributed by atoms with Crippen LogP contribution in [0.2, 0.25) is 0 Å². The van der Waals surface area contributed by atoms with Crippen molar-refractivity contribution in [3.63, 3.8) is 0 Å². The van der Waals surface area contributed by atoms with Crippen molar-refractivity contribution in [2.24, 2.45) is 5.92 Å². The molecule has 1 aliphatic heterocycles. The first-order chi connectivity index (χ1) is 8.06. The second kappa shape index (κ2) is 8.43. The summed E-state index contributed by atoms with van der Waals surface area (Å²) in [6.07, 6.45) is 5.08. The van der Waals surface area contributed by atoms with E-state index in [4.69, 9.17) is 10.8 Å². The van der Waals surface area contributed by atoms with Gasteiger partial charge in [0.1, 0.15) is 17.9 Å². The molecular weight excluding hydrogens is 417 g/mol. The summed E-state index contributed by atoms with van der Waals surface area (Å²) in [5, 5.41) is 8.66. The molecule has 0 saturated heterocycles. The number of hydrogen-bond donors (Lipinski definition) is 1. The third-order valence-electron chi connectivity index (χ3n) is 2.90. The molecule has 2 rings (SSSR count). The van der Waals surface area contributed by atoms with Gasteiger partial charge in [0, 0.05) is 0 Å². The van der Waals surface area contributed by atoms with Crippen LogP contribution in [0.15, 0.2) is 11.3 Å². The van der Waals surface area contributed by atoms with Crippen LogP contribution in [0.1, 0.15) is 25.7 Å². The second-order valence-corrected chi connectivity index (χ2v) is 4.21. The fourth-order valence-electron chi connectivity index (χ4n) is 1.73. The van der Waals surface area contributed by atoms with Crippen molar-refractivity contribution in [3.8, 4) is 0 Å². The van der Waals surface area contributed by atoms with Gasteiger partial charge in [-0.15, -0.1) is 0 Å². The van der Waals surface area contributed by atoms with Crippen LogP contribution in [0.25, 0.3) is 5.73 Å². The number of cyclic esters (lactones) is 1. The van der Waals surface area contributed by atoms with Gasteiger partial charge >= 0.3 is 27.0 Å². The Morgan fingerprint density at radius 2 is 2.00 bits per heavy atom. The number of ether oxygens (including phenoxy) is 1. The Hall–Kier alpha value is -0.672. The molecule has 0 amide bonds. The van der Waals surface area contributed by atoms with E-state index in [1.165, 1.54) is 19.3 Å². The van der Waals surface area contributed by atoms with Gasteiger partial charge < -0.3 is 22.5 Å². The van der Waals surface area contributed by atoms with E-state index in [0.717, 1.165) is 6.42 Å². The molecule has 0 spiro atoms. The van der Waals surface area contributed by atoms with E-state index in [2.05, 4.69) is 11.7 Å². The number of nitrogens with one attached hydrogen (secondary N) is 1. The van der Waals surface area contributed by atoms with E-state index in [0.29, 0.717) is 5.92 Å². The SMILES string of the molecule is O=CC1=C(O)COC1=O.[CH2-][C@@H]1CCCC[C@H]1[NH-].[Pt+2]. The molecule has 0 aromatic heterocycles. The fraction of sp³-hybridized carbons (Fsp3) is 0.583. The van der Waals surface area contributed by atoms with Crippen molar-refractivity contribution in [1.82, 2.24) is 0 Å². The number of rotatable bonds is 1. The van der Waals surface area contributed by atoms with Gasteiger partial charge in [-0.3, -0.25) is 4.79 Å². The van der Waals surface area contributed by atoms with Crippen molar-refractivity contribution in [1.29, 1.82) is 0 Å². The molecule has 1 aliphatic carbocycles. The first-order valence-corrected chi connectivity index (χ1v) is 5.65. The topological polar surface area (TPSA) is 87.4 Å². The summed E-state index contributed by atoms with van der Waals surface area (Å²) in [6, 6.07) is 0.142. The molecule has 0 aromatic rings. The summed E-state index contributed by atoms with van der Waals surface area (Å²) in [5.74, 6) is -0.610. The summed E-state index contributed by atoms with van der Waals surface area (Å²) in [5.41, 5.74) is 7.15. The summed E-state index contributed by atoms with van der Waals surface area (Å²) in [6.45, 7) is 3.72. The van der Waals surface area contributed by atoms with Gasteiger partial charge in [0.2, 0.25) is 0 Å². The van der Waals surface area contributed by atoms with Crippen molar-refractivity contribution >= 4 is 12.3 Å². The molecule has 0 radical (unpaired) electrons. The Kier molecular flexibility index (Phi) is 8.12. The number of carbonyl (C=O) groups is 2. The number of aldehydes is 1. The zero-order valence-corrected chi connectivity index (χ0v) is 12.2. The van der Waals surface area contributed by atoms with Gasteiger partial charge in [-0.05, 0) is 0 Å². The molecule has 1 saturated carbocycles. The van der Waals surface area contributed by atoms with Gasteiger partial charge in [0.05, 0.1) is 0 Å². The third-order valence-corrected chi connectivity index (χ3v) is 2.90. The van der Waals surface area contributed by atoms with Crippen LogP contribution in [0.5, 0.6) is 0 Å². The zero-order chi connectivity index (χ0) is 12.8. The number of esters is 1. The molecule has 6 heteroatoms. The van der Waals surface area contributed by atoms with E-state index >= 15 is 0 Å². The average molecular weight is 434 g/mol. The molecule has 2 N–H and O–H groups in total. The maximum absolute atomic E-state index is 10.3. The molecule has 0 aromatic carbocycles. The Morgan fingerprint density at radius 1 is 1.39 bits per heavy atom. The molecule has 104 valence electrons. The molecule has 18 heavy (non-hydrogen) atoms. The summed E-state index contributed by atoms with van der Waals surface area (Å²) >= 11 is 0. The fourth-order valence-corrected chi connectivity index (χ4v) is 1.73. The Bertz CT molecular complexity index is 320. The van der Waals surface area contributed by atoms with Crippen molar-refractivity contribution in [3.05, 3.63) is 24.0 Å². The van der Waals surface area contributed by atoms with Crippen LogP contribution in [0, 0.1) is 12.8 Å². The average Bonchev–Trinajstić information content (AvgIpc) is 2.63. The van der Waals surface area contributed by atoms with Crippen molar-refractivity contribution in [2.45, 2.75) is 31.7 Å². The minimum absolute atomic E-state index is 0. The van der Waals surface area contributed by atoms with Gasteiger partial charge in [-0.2, -0.15) is 12.0 Å². The molecule has 2 atom stereocenters. The standard InChI is InChI=1S/C7H13N.C5H4O4.Pt/c1-6-4-2-3-5-7(6)8;6-1-3-4(7)2-9-5(3)8;/h6-8H,1-5H2;1,7H,2H2;/q-2;;+2/t6-,7-;;/m1../s1. The van der Waals surface area contributed by atoms with Crippen LogP contribution in [0.4, 0.5) is 0 Å². The van der Waals surface area contributed by atoms with Gasteiger partial charge in [-0.25, -0.2) is 4.79 Å². The number of carbonyl (C=O) groups excluding carboxylic acids is 2. The summed E-state index contributed by atoms with van der Waals surface area (Å²) in [7, 11) is 0. The van der Waals surface area contributed by atoms with Gasteiger partial charge in [0.25, 0.3) is 0 Å². The molecule has 5 nitrogen and oxygen atoms in total. The monoisotopic (exact) mass is 434 g/mol. The molecule has 0 bridgehead atoms.